The molecule has 13 heteroatoms. The summed E-state index contributed by atoms with van der Waals surface area (Å²) in [6.07, 6.45) is -3.50. The molecule has 3 heterocycles. The van der Waals surface area contributed by atoms with Crippen LogP contribution in [0.15, 0.2) is 42.6 Å². The molecule has 40 heavy (non-hydrogen) atoms. The molecular weight excluding hydrogens is 549 g/mol. The van der Waals surface area contributed by atoms with Crippen molar-refractivity contribution in [2.24, 2.45) is 5.92 Å². The second-order valence-corrected chi connectivity index (χ2v) is 12.1. The first-order chi connectivity index (χ1) is 18.8. The van der Waals surface area contributed by atoms with E-state index in [0.717, 1.165) is 7.05 Å². The van der Waals surface area contributed by atoms with Gasteiger partial charge in [0.05, 0.1) is 42.1 Å². The van der Waals surface area contributed by atoms with Crippen LogP contribution >= 0.6 is 0 Å². The number of aromatic nitrogens is 2. The van der Waals surface area contributed by atoms with Crippen molar-refractivity contribution in [2.75, 3.05) is 38.1 Å². The average molecular weight is 581 g/mol. The molecule has 2 aromatic heterocycles. The minimum atomic E-state index is -4.74. The predicted molar refractivity (Wildman–Crippen MR) is 144 cm³/mol. The van der Waals surface area contributed by atoms with Crippen molar-refractivity contribution in [3.63, 3.8) is 0 Å². The molecule has 216 valence electrons. The highest BCUT2D eigenvalue weighted by Gasteiger charge is 2.46. The largest absolute Gasteiger partial charge is 0.481 e. The molecule has 1 fully saturated rings. The Hall–Kier alpha value is -3.45. The van der Waals surface area contributed by atoms with Crippen molar-refractivity contribution in [3.05, 3.63) is 53.7 Å². The summed E-state index contributed by atoms with van der Waals surface area (Å²) in [6, 6.07) is 6.88. The number of nitrogens with zero attached hydrogens (tertiary/aromatic N) is 3. The Balaban J connectivity index is 1.61. The van der Waals surface area contributed by atoms with Gasteiger partial charge in [-0.1, -0.05) is 12.1 Å². The summed E-state index contributed by atoms with van der Waals surface area (Å²) in [5.41, 5.74) is 2.81. The molecule has 0 radical (unpaired) electrons. The van der Waals surface area contributed by atoms with Crippen LogP contribution in [0, 0.1) is 5.92 Å². The number of halogens is 3. The summed E-state index contributed by atoms with van der Waals surface area (Å²) in [5, 5.41) is 3.19. The zero-order valence-electron chi connectivity index (χ0n) is 22.5. The van der Waals surface area contributed by atoms with Crippen molar-refractivity contribution in [2.45, 2.75) is 38.1 Å². The van der Waals surface area contributed by atoms with Crippen molar-refractivity contribution in [3.8, 4) is 5.88 Å². The molecule has 0 bridgehead atoms. The molecule has 1 N–H and O–H groups in total. The number of rotatable bonds is 8. The number of anilines is 2. The summed E-state index contributed by atoms with van der Waals surface area (Å²) < 4.78 is 76.8. The van der Waals surface area contributed by atoms with E-state index in [2.05, 4.69) is 15.3 Å². The number of pyridine rings is 2. The molecule has 2 atom stereocenters. The molecule has 1 aromatic carbocycles. The fourth-order valence-corrected chi connectivity index (χ4v) is 6.39. The molecule has 9 nitrogen and oxygen atoms in total. The van der Waals surface area contributed by atoms with Crippen LogP contribution in [0.25, 0.3) is 11.0 Å². The van der Waals surface area contributed by atoms with E-state index in [0.29, 0.717) is 38.8 Å². The normalized spacial score (nSPS) is 17.3. The van der Waals surface area contributed by atoms with Gasteiger partial charge in [0.1, 0.15) is 15.4 Å². The summed E-state index contributed by atoms with van der Waals surface area (Å²) in [5.74, 6) is -1.50. The SMILES string of the molecule is COc1ccc2ncc(Nc3ccc([C@H](N(C)C(=O)C4CCS(=O)(=O)CC4)C(F)(F)F)cc3)c([C@H](C)OC)c2n1. The maximum atomic E-state index is 14.2. The average Bonchev–Trinajstić information content (AvgIpc) is 2.92. The quantitative estimate of drug-likeness (QED) is 0.398. The van der Waals surface area contributed by atoms with E-state index in [1.165, 1.54) is 31.4 Å². The third-order valence-electron chi connectivity index (χ3n) is 7.15. The minimum absolute atomic E-state index is 0.0156. The van der Waals surface area contributed by atoms with Crippen molar-refractivity contribution in [1.82, 2.24) is 14.9 Å². The van der Waals surface area contributed by atoms with Gasteiger partial charge in [-0.15, -0.1) is 0 Å². The number of hydrogen-bond donors (Lipinski definition) is 1. The van der Waals surface area contributed by atoms with Crippen molar-refractivity contribution >= 4 is 38.2 Å². The topological polar surface area (TPSA) is 111 Å². The summed E-state index contributed by atoms with van der Waals surface area (Å²) in [6.45, 7) is 1.84. The van der Waals surface area contributed by atoms with Crippen LogP contribution in [-0.4, -0.2) is 68.1 Å². The Bertz CT molecular complexity index is 1470. The number of nitrogens with one attached hydrogen (secondary N) is 1. The standard InChI is InChI=1S/C27H31F3N4O5S/c1-16(38-3)23-21(15-31-20-9-10-22(39-4)33-24(20)23)32-19-7-5-17(6-8-19)25(27(28,29)30)34(2)26(35)18-11-13-40(36,37)14-12-18/h5-10,15-16,18,25,32H,11-14H2,1-4H3/t16-,25-/m0/s1. The highest BCUT2D eigenvalue weighted by atomic mass is 32.2. The lowest BCUT2D eigenvalue weighted by atomic mass is 9.98. The van der Waals surface area contributed by atoms with Crippen LogP contribution in [0.1, 0.15) is 43.0 Å². The van der Waals surface area contributed by atoms with E-state index in [1.807, 2.05) is 6.92 Å². The lowest BCUT2D eigenvalue weighted by molar-refractivity contribution is -0.190. The number of amides is 1. The molecule has 0 aliphatic carbocycles. The Morgan fingerprint density at radius 1 is 1.10 bits per heavy atom. The van der Waals surface area contributed by atoms with Gasteiger partial charge in [0.2, 0.25) is 11.8 Å². The van der Waals surface area contributed by atoms with Gasteiger partial charge in [0.25, 0.3) is 0 Å². The van der Waals surface area contributed by atoms with Gasteiger partial charge in [-0.05, 0) is 43.5 Å². The van der Waals surface area contributed by atoms with E-state index in [1.54, 1.807) is 25.4 Å². The summed E-state index contributed by atoms with van der Waals surface area (Å²) in [7, 11) is 0.908. The zero-order chi connectivity index (χ0) is 29.2. The number of benzene rings is 1. The highest BCUT2D eigenvalue weighted by Crippen LogP contribution is 2.39. The van der Waals surface area contributed by atoms with Gasteiger partial charge in [-0.3, -0.25) is 9.78 Å². The van der Waals surface area contributed by atoms with E-state index in [-0.39, 0.29) is 29.9 Å². The number of ether oxygens (including phenoxy) is 2. The molecule has 1 amide bonds. The maximum Gasteiger partial charge on any atom is 0.413 e. The molecule has 4 rings (SSSR count). The number of alkyl halides is 3. The zero-order valence-corrected chi connectivity index (χ0v) is 23.3. The fourth-order valence-electron chi connectivity index (χ4n) is 4.90. The summed E-state index contributed by atoms with van der Waals surface area (Å²) >= 11 is 0. The number of carbonyl (C=O) groups is 1. The van der Waals surface area contributed by atoms with Gasteiger partial charge in [-0.25, -0.2) is 13.4 Å². The second-order valence-electron chi connectivity index (χ2n) is 9.75. The van der Waals surface area contributed by atoms with Gasteiger partial charge in [-0.2, -0.15) is 13.2 Å². The number of sulfone groups is 1. The highest BCUT2D eigenvalue weighted by molar-refractivity contribution is 7.91. The molecule has 1 aliphatic rings. The fraction of sp³-hybridized carbons (Fsp3) is 0.444. The van der Waals surface area contributed by atoms with Crippen LogP contribution < -0.4 is 10.1 Å². The second kappa shape index (κ2) is 11.6. The van der Waals surface area contributed by atoms with Crippen LogP contribution in [0.3, 0.4) is 0 Å². The Morgan fingerprint density at radius 3 is 2.33 bits per heavy atom. The monoisotopic (exact) mass is 580 g/mol. The smallest absolute Gasteiger partial charge is 0.413 e. The van der Waals surface area contributed by atoms with Gasteiger partial charge in [0.15, 0.2) is 6.04 Å². The molecular formula is C27H31F3N4O5S. The first kappa shape index (κ1) is 29.5. The van der Waals surface area contributed by atoms with Crippen LogP contribution in [0.5, 0.6) is 5.88 Å². The minimum Gasteiger partial charge on any atom is -0.481 e. The maximum absolute atomic E-state index is 14.2. The third kappa shape index (κ3) is 6.30. The first-order valence-corrected chi connectivity index (χ1v) is 14.4. The third-order valence-corrected chi connectivity index (χ3v) is 8.87. The Morgan fingerprint density at radius 2 is 1.75 bits per heavy atom. The molecule has 0 unspecified atom stereocenters. The summed E-state index contributed by atoms with van der Waals surface area (Å²) in [4.78, 5) is 22.6. The molecule has 1 aliphatic heterocycles. The lowest BCUT2D eigenvalue weighted by Gasteiger charge is -2.34. The number of methoxy groups -OCH3 is 2. The van der Waals surface area contributed by atoms with Crippen molar-refractivity contribution in [1.29, 1.82) is 0 Å². The number of hydrogen-bond acceptors (Lipinski definition) is 8. The Kier molecular flexibility index (Phi) is 8.55. The molecule has 0 saturated carbocycles. The molecule has 0 spiro atoms. The van der Waals surface area contributed by atoms with E-state index < -0.39 is 40.0 Å². The van der Waals surface area contributed by atoms with Crippen LogP contribution in [0.4, 0.5) is 24.5 Å². The van der Waals surface area contributed by atoms with E-state index in [4.69, 9.17) is 9.47 Å². The van der Waals surface area contributed by atoms with E-state index >= 15 is 0 Å². The lowest BCUT2D eigenvalue weighted by Crippen LogP contribution is -2.44. The van der Waals surface area contributed by atoms with Gasteiger partial charge < -0.3 is 19.7 Å². The molecule has 1 saturated heterocycles. The number of carbonyl (C=O) groups excluding carboxylic acids is 1. The first-order valence-electron chi connectivity index (χ1n) is 12.6. The van der Waals surface area contributed by atoms with E-state index in [9.17, 15) is 26.4 Å². The molecule has 3 aromatic rings. The predicted octanol–water partition coefficient (Wildman–Crippen LogP) is 4.98. The number of fused-ring (bicyclic) bond motifs is 1. The van der Waals surface area contributed by atoms with Gasteiger partial charge in [0, 0.05) is 37.4 Å². The van der Waals surface area contributed by atoms with Gasteiger partial charge >= 0.3 is 6.18 Å². The van der Waals surface area contributed by atoms with Crippen LogP contribution in [0.2, 0.25) is 0 Å². The Labute approximate surface area is 230 Å². The van der Waals surface area contributed by atoms with Crippen molar-refractivity contribution < 1.29 is 35.9 Å². The van der Waals surface area contributed by atoms with Crippen LogP contribution in [-0.2, 0) is 19.4 Å².